The summed E-state index contributed by atoms with van der Waals surface area (Å²) in [5.74, 6) is 0.982. The van der Waals surface area contributed by atoms with E-state index in [4.69, 9.17) is 21.1 Å². The third kappa shape index (κ3) is 2.03. The average molecular weight is 255 g/mol. The first-order valence-electron chi connectivity index (χ1n) is 5.96. The summed E-state index contributed by atoms with van der Waals surface area (Å²) >= 11 is 6.08. The fourth-order valence-electron chi connectivity index (χ4n) is 2.57. The highest BCUT2D eigenvalue weighted by molar-refractivity contribution is 6.30. The molecule has 2 aliphatic rings. The van der Waals surface area contributed by atoms with Gasteiger partial charge >= 0.3 is 0 Å². The van der Waals surface area contributed by atoms with E-state index in [-0.39, 0.29) is 5.92 Å². The summed E-state index contributed by atoms with van der Waals surface area (Å²) in [6.07, 6.45) is 1.22. The van der Waals surface area contributed by atoms with E-state index in [2.05, 4.69) is 0 Å². The van der Waals surface area contributed by atoms with Crippen LogP contribution < -0.4 is 4.74 Å². The van der Waals surface area contributed by atoms with Crippen LogP contribution in [-0.4, -0.2) is 24.9 Å². The molecule has 0 radical (unpaired) electrons. The van der Waals surface area contributed by atoms with Crippen molar-refractivity contribution in [3.63, 3.8) is 0 Å². The molecule has 1 aromatic rings. The van der Waals surface area contributed by atoms with E-state index in [1.54, 1.807) is 0 Å². The number of hydrogen-bond acceptors (Lipinski definition) is 3. The molecule has 2 heterocycles. The first-order valence-corrected chi connectivity index (χ1v) is 6.34. The lowest BCUT2D eigenvalue weighted by molar-refractivity contribution is 0.0895. The van der Waals surface area contributed by atoms with E-state index in [1.807, 2.05) is 12.1 Å². The van der Waals surface area contributed by atoms with Crippen LogP contribution in [0.1, 0.15) is 23.7 Å². The van der Waals surface area contributed by atoms with Crippen molar-refractivity contribution in [2.45, 2.75) is 18.9 Å². The molecule has 2 aliphatic heterocycles. The van der Waals surface area contributed by atoms with Gasteiger partial charge < -0.3 is 14.6 Å². The number of aliphatic hydroxyl groups excluding tert-OH is 1. The monoisotopic (exact) mass is 254 g/mol. The second-order valence-corrected chi connectivity index (χ2v) is 5.09. The molecule has 1 aromatic carbocycles. The zero-order valence-electron chi connectivity index (χ0n) is 9.49. The van der Waals surface area contributed by atoms with Gasteiger partial charge in [-0.05, 0) is 24.1 Å². The van der Waals surface area contributed by atoms with Gasteiger partial charge in [-0.3, -0.25) is 0 Å². The number of rotatable bonds is 2. The number of halogens is 1. The highest BCUT2D eigenvalue weighted by Gasteiger charge is 2.30. The van der Waals surface area contributed by atoms with Gasteiger partial charge in [-0.25, -0.2) is 0 Å². The summed E-state index contributed by atoms with van der Waals surface area (Å²) in [6.45, 7) is 2.02. The molecule has 4 heteroatoms. The molecule has 0 bridgehead atoms. The third-order valence-electron chi connectivity index (χ3n) is 3.51. The summed E-state index contributed by atoms with van der Waals surface area (Å²) in [7, 11) is 0. The Hall–Kier alpha value is -0.770. The van der Waals surface area contributed by atoms with Crippen molar-refractivity contribution in [3.8, 4) is 5.75 Å². The van der Waals surface area contributed by atoms with E-state index >= 15 is 0 Å². The zero-order valence-corrected chi connectivity index (χ0v) is 10.2. The van der Waals surface area contributed by atoms with Crippen molar-refractivity contribution >= 4 is 11.6 Å². The first kappa shape index (κ1) is 11.3. The molecule has 0 aromatic heterocycles. The maximum Gasteiger partial charge on any atom is 0.128 e. The summed E-state index contributed by atoms with van der Waals surface area (Å²) in [5.41, 5.74) is 1.92. The highest BCUT2D eigenvalue weighted by atomic mass is 35.5. The van der Waals surface area contributed by atoms with Gasteiger partial charge in [0.1, 0.15) is 5.75 Å². The topological polar surface area (TPSA) is 38.7 Å². The molecule has 0 saturated carbocycles. The Labute approximate surface area is 105 Å². The Morgan fingerprint density at radius 2 is 2.24 bits per heavy atom. The van der Waals surface area contributed by atoms with Crippen molar-refractivity contribution in [1.82, 2.24) is 0 Å². The summed E-state index contributed by atoms with van der Waals surface area (Å²) in [6, 6.07) is 3.74. The van der Waals surface area contributed by atoms with Gasteiger partial charge in [-0.15, -0.1) is 0 Å². The van der Waals surface area contributed by atoms with Gasteiger partial charge in [0.25, 0.3) is 0 Å². The molecule has 17 heavy (non-hydrogen) atoms. The summed E-state index contributed by atoms with van der Waals surface area (Å²) in [4.78, 5) is 0. The van der Waals surface area contributed by atoms with Crippen LogP contribution >= 0.6 is 11.6 Å². The molecule has 1 N–H and O–H groups in total. The predicted octanol–water partition coefficient (Wildman–Crippen LogP) is 2.34. The fraction of sp³-hybridized carbons (Fsp3) is 0.538. The van der Waals surface area contributed by atoms with Crippen molar-refractivity contribution in [2.75, 3.05) is 19.8 Å². The van der Waals surface area contributed by atoms with Crippen LogP contribution in [0.15, 0.2) is 12.1 Å². The maximum absolute atomic E-state index is 10.4. The third-order valence-corrected chi connectivity index (χ3v) is 3.73. The van der Waals surface area contributed by atoms with Gasteiger partial charge in [-0.2, -0.15) is 0 Å². The Bertz CT molecular complexity index is 427. The number of benzene rings is 1. The minimum Gasteiger partial charge on any atom is -0.493 e. The van der Waals surface area contributed by atoms with Crippen LogP contribution in [0.3, 0.4) is 0 Å². The Kier molecular flexibility index (Phi) is 2.99. The van der Waals surface area contributed by atoms with E-state index in [0.717, 1.165) is 36.3 Å². The maximum atomic E-state index is 10.4. The largest absolute Gasteiger partial charge is 0.493 e. The molecular weight excluding hydrogens is 240 g/mol. The molecule has 2 unspecified atom stereocenters. The summed E-state index contributed by atoms with van der Waals surface area (Å²) < 4.78 is 10.9. The number of hydrogen-bond donors (Lipinski definition) is 1. The standard InChI is InChI=1S/C13H15ClO3/c14-10-5-8-2-4-17-13(8)11(6-10)12(15)9-1-3-16-7-9/h5-6,9,12,15H,1-4,7H2. The van der Waals surface area contributed by atoms with Crippen LogP contribution in [0, 0.1) is 5.92 Å². The van der Waals surface area contributed by atoms with Crippen molar-refractivity contribution in [1.29, 1.82) is 0 Å². The molecule has 1 saturated heterocycles. The van der Waals surface area contributed by atoms with E-state index in [1.165, 1.54) is 0 Å². The first-order chi connectivity index (χ1) is 8.25. The molecule has 1 fully saturated rings. The fourth-order valence-corrected chi connectivity index (χ4v) is 2.82. The van der Waals surface area contributed by atoms with Crippen molar-refractivity contribution < 1.29 is 14.6 Å². The molecule has 0 aliphatic carbocycles. The van der Waals surface area contributed by atoms with Crippen LogP contribution in [0.25, 0.3) is 0 Å². The van der Waals surface area contributed by atoms with Crippen molar-refractivity contribution in [2.24, 2.45) is 5.92 Å². The van der Waals surface area contributed by atoms with E-state index in [0.29, 0.717) is 18.2 Å². The second-order valence-electron chi connectivity index (χ2n) is 4.65. The number of fused-ring (bicyclic) bond motifs is 1. The summed E-state index contributed by atoms with van der Waals surface area (Å²) in [5, 5.41) is 11.1. The van der Waals surface area contributed by atoms with Crippen LogP contribution in [-0.2, 0) is 11.2 Å². The number of aliphatic hydroxyl groups is 1. The quantitative estimate of drug-likeness (QED) is 0.881. The Balaban J connectivity index is 1.96. The van der Waals surface area contributed by atoms with Crippen LogP contribution in [0.5, 0.6) is 5.75 Å². The number of ether oxygens (including phenoxy) is 2. The SMILES string of the molecule is OC(c1cc(Cl)cc2c1OCC2)C1CCOC1. The highest BCUT2D eigenvalue weighted by Crippen LogP contribution is 2.40. The normalized spacial score (nSPS) is 24.5. The van der Waals surface area contributed by atoms with Gasteiger partial charge in [0.15, 0.2) is 0 Å². The van der Waals surface area contributed by atoms with E-state index < -0.39 is 6.10 Å². The molecule has 0 spiro atoms. The minimum absolute atomic E-state index is 0.154. The zero-order chi connectivity index (χ0) is 11.8. The van der Waals surface area contributed by atoms with Gasteiger partial charge in [0.05, 0.1) is 19.3 Å². The minimum atomic E-state index is -0.539. The van der Waals surface area contributed by atoms with E-state index in [9.17, 15) is 5.11 Å². The van der Waals surface area contributed by atoms with Crippen LogP contribution in [0.4, 0.5) is 0 Å². The Morgan fingerprint density at radius 1 is 1.35 bits per heavy atom. The average Bonchev–Trinajstić information content (AvgIpc) is 2.97. The van der Waals surface area contributed by atoms with Gasteiger partial charge in [0.2, 0.25) is 0 Å². The predicted molar refractivity (Wildman–Crippen MR) is 64.5 cm³/mol. The lowest BCUT2D eigenvalue weighted by Crippen LogP contribution is -2.13. The van der Waals surface area contributed by atoms with Crippen molar-refractivity contribution in [3.05, 3.63) is 28.3 Å². The molecule has 3 rings (SSSR count). The van der Waals surface area contributed by atoms with Gasteiger partial charge in [0, 0.05) is 29.5 Å². The molecule has 3 nitrogen and oxygen atoms in total. The molecular formula is C13H15ClO3. The van der Waals surface area contributed by atoms with Gasteiger partial charge in [-0.1, -0.05) is 11.6 Å². The smallest absolute Gasteiger partial charge is 0.128 e. The molecule has 2 atom stereocenters. The molecule has 92 valence electrons. The second kappa shape index (κ2) is 4.48. The van der Waals surface area contributed by atoms with Crippen LogP contribution in [0.2, 0.25) is 5.02 Å². The Morgan fingerprint density at radius 3 is 3.00 bits per heavy atom. The lowest BCUT2D eigenvalue weighted by atomic mass is 9.93. The lowest BCUT2D eigenvalue weighted by Gasteiger charge is -2.19. The molecule has 0 amide bonds.